The summed E-state index contributed by atoms with van der Waals surface area (Å²) in [7, 11) is 0. The molecule has 0 aliphatic carbocycles. The molecule has 0 bridgehead atoms. The molecule has 0 aromatic heterocycles. The van der Waals surface area contributed by atoms with E-state index in [1.165, 1.54) is 103 Å². The molecule has 0 aliphatic heterocycles. The van der Waals surface area contributed by atoms with Gasteiger partial charge in [-0.15, -0.1) is 0 Å². The fraction of sp³-hybridized carbons (Fsp3) is 0.677. The quantitative estimate of drug-likeness (QED) is 0.0261. The topological polar surface area (TPSA) is 78.9 Å². The number of rotatable bonds is 52. The second-order valence-electron chi connectivity index (χ2n) is 19.2. The van der Waals surface area contributed by atoms with Crippen LogP contribution < -0.4 is 0 Å². The number of hydrogen-bond acceptors (Lipinski definition) is 6. The van der Waals surface area contributed by atoms with Crippen LogP contribution in [-0.2, 0) is 28.6 Å². The van der Waals surface area contributed by atoms with E-state index in [4.69, 9.17) is 14.2 Å². The van der Waals surface area contributed by atoms with Crippen LogP contribution in [0.5, 0.6) is 0 Å². The minimum atomic E-state index is -0.795. The Morgan fingerprint density at radius 3 is 0.901 bits per heavy atom. The van der Waals surface area contributed by atoms with E-state index in [9.17, 15) is 14.4 Å². The molecule has 0 rings (SSSR count). The lowest BCUT2D eigenvalue weighted by Crippen LogP contribution is -2.30. The highest BCUT2D eigenvalue weighted by atomic mass is 16.6. The number of esters is 3. The molecule has 1 unspecified atom stereocenters. The maximum absolute atomic E-state index is 12.8. The molecule has 0 aromatic carbocycles. The van der Waals surface area contributed by atoms with Crippen LogP contribution in [0, 0.1) is 0 Å². The van der Waals surface area contributed by atoms with Crippen LogP contribution in [0.2, 0.25) is 0 Å². The molecule has 0 aromatic rings. The highest BCUT2D eigenvalue weighted by molar-refractivity contribution is 5.71. The standard InChI is InChI=1S/C65H108O6/c1-4-7-10-13-15-17-19-21-23-25-27-29-30-31-32-33-34-36-37-39-41-43-45-47-49-52-55-58-64(67)70-61-62(60-69-63(66)57-54-51-12-9-6-3)71-65(68)59-56-53-50-48-46-44-42-40-38-35-28-26-24-22-20-18-16-14-11-8-5-2/h7,10,15,17,21,23,26-29,31-32,34,36,39,41,45,47,62H,4-6,8-9,11-14,16,18-20,22,24-25,30,33,35,37-38,40,42-44,46,48-61H2,1-3H3/b10-7-,17-15-,23-21-,28-26-,29-27-,32-31-,36-34-,41-39-,47-45-. The third-order valence-corrected chi connectivity index (χ3v) is 12.3. The second kappa shape index (κ2) is 58.6. The van der Waals surface area contributed by atoms with Crippen molar-refractivity contribution in [2.75, 3.05) is 13.2 Å². The monoisotopic (exact) mass is 985 g/mol. The van der Waals surface area contributed by atoms with E-state index in [2.05, 4.69) is 130 Å². The van der Waals surface area contributed by atoms with Crippen molar-refractivity contribution in [1.29, 1.82) is 0 Å². The third kappa shape index (κ3) is 56.9. The van der Waals surface area contributed by atoms with E-state index in [1.54, 1.807) is 0 Å². The average molecular weight is 986 g/mol. The smallest absolute Gasteiger partial charge is 0.306 e. The highest BCUT2D eigenvalue weighted by Crippen LogP contribution is 2.15. The maximum atomic E-state index is 12.8. The Morgan fingerprint density at radius 1 is 0.296 bits per heavy atom. The lowest BCUT2D eigenvalue weighted by atomic mass is 10.1. The Morgan fingerprint density at radius 2 is 0.549 bits per heavy atom. The fourth-order valence-electron chi connectivity index (χ4n) is 7.86. The molecule has 0 spiro atoms. The van der Waals surface area contributed by atoms with Crippen LogP contribution in [-0.4, -0.2) is 37.2 Å². The van der Waals surface area contributed by atoms with Gasteiger partial charge in [-0.25, -0.2) is 0 Å². The van der Waals surface area contributed by atoms with Crippen molar-refractivity contribution in [3.63, 3.8) is 0 Å². The van der Waals surface area contributed by atoms with Crippen molar-refractivity contribution in [3.8, 4) is 0 Å². The van der Waals surface area contributed by atoms with Gasteiger partial charge < -0.3 is 14.2 Å². The van der Waals surface area contributed by atoms with Gasteiger partial charge >= 0.3 is 17.9 Å². The zero-order valence-corrected chi connectivity index (χ0v) is 46.2. The van der Waals surface area contributed by atoms with Crippen LogP contribution in [0.25, 0.3) is 0 Å². The van der Waals surface area contributed by atoms with Crippen LogP contribution in [0.3, 0.4) is 0 Å². The van der Waals surface area contributed by atoms with E-state index in [0.717, 1.165) is 122 Å². The largest absolute Gasteiger partial charge is 0.462 e. The van der Waals surface area contributed by atoms with Gasteiger partial charge in [0.25, 0.3) is 0 Å². The molecular weight excluding hydrogens is 877 g/mol. The van der Waals surface area contributed by atoms with Gasteiger partial charge in [0.1, 0.15) is 13.2 Å². The van der Waals surface area contributed by atoms with Gasteiger partial charge in [-0.2, -0.15) is 0 Å². The van der Waals surface area contributed by atoms with Gasteiger partial charge in [-0.05, 0) is 109 Å². The summed E-state index contributed by atoms with van der Waals surface area (Å²) in [6.45, 7) is 6.41. The zero-order chi connectivity index (χ0) is 51.4. The minimum Gasteiger partial charge on any atom is -0.462 e. The third-order valence-electron chi connectivity index (χ3n) is 12.3. The van der Waals surface area contributed by atoms with Crippen molar-refractivity contribution in [2.45, 2.75) is 271 Å². The fourth-order valence-corrected chi connectivity index (χ4v) is 7.86. The summed E-state index contributed by atoms with van der Waals surface area (Å²) in [6, 6.07) is 0. The molecule has 0 aliphatic rings. The molecule has 404 valence electrons. The van der Waals surface area contributed by atoms with E-state index >= 15 is 0 Å². The Balaban J connectivity index is 4.21. The number of hydrogen-bond donors (Lipinski definition) is 0. The van der Waals surface area contributed by atoms with Crippen molar-refractivity contribution in [2.24, 2.45) is 0 Å². The predicted octanol–water partition coefficient (Wildman–Crippen LogP) is 19.9. The number of allylic oxidation sites excluding steroid dienone is 18. The lowest BCUT2D eigenvalue weighted by Gasteiger charge is -2.18. The SMILES string of the molecule is CC/C=C\C/C=C\C/C=C\C/C=C\C/C=C\C/C=C\C/C=C\C/C=C\CCCCC(=O)OCC(COC(=O)CCCCCCC)OC(=O)CCCCCCCCCCC/C=C\CCCCCCCCCC. The molecule has 71 heavy (non-hydrogen) atoms. The van der Waals surface area contributed by atoms with Gasteiger partial charge in [0.15, 0.2) is 6.10 Å². The van der Waals surface area contributed by atoms with Crippen LogP contribution in [0.1, 0.15) is 265 Å². The van der Waals surface area contributed by atoms with Crippen molar-refractivity contribution >= 4 is 17.9 Å². The van der Waals surface area contributed by atoms with E-state index in [1.807, 2.05) is 0 Å². The maximum Gasteiger partial charge on any atom is 0.306 e. The Kier molecular flexibility index (Phi) is 55.4. The number of unbranched alkanes of at least 4 members (excludes halogenated alkanes) is 23. The zero-order valence-electron chi connectivity index (χ0n) is 46.2. The molecule has 0 radical (unpaired) electrons. The number of carbonyl (C=O) groups excluding carboxylic acids is 3. The van der Waals surface area contributed by atoms with E-state index in [0.29, 0.717) is 19.3 Å². The average Bonchev–Trinajstić information content (AvgIpc) is 3.37. The molecule has 0 saturated heterocycles. The lowest BCUT2D eigenvalue weighted by molar-refractivity contribution is -0.167. The first-order chi connectivity index (χ1) is 35.0. The Bertz CT molecular complexity index is 1460. The van der Waals surface area contributed by atoms with Crippen molar-refractivity contribution < 1.29 is 28.6 Å². The summed E-state index contributed by atoms with van der Waals surface area (Å²) < 4.78 is 16.7. The molecule has 1 atom stereocenters. The van der Waals surface area contributed by atoms with E-state index < -0.39 is 6.10 Å². The second-order valence-corrected chi connectivity index (χ2v) is 19.2. The molecule has 0 saturated carbocycles. The molecule has 0 heterocycles. The van der Waals surface area contributed by atoms with Gasteiger partial charge in [-0.3, -0.25) is 14.4 Å². The van der Waals surface area contributed by atoms with Crippen LogP contribution in [0.4, 0.5) is 0 Å². The Labute approximate surface area is 438 Å². The summed E-state index contributed by atoms with van der Waals surface area (Å²) in [5.41, 5.74) is 0. The number of carbonyl (C=O) groups is 3. The molecular formula is C65H108O6. The van der Waals surface area contributed by atoms with Gasteiger partial charge in [0.05, 0.1) is 0 Å². The normalized spacial score (nSPS) is 12.9. The molecule has 0 fully saturated rings. The van der Waals surface area contributed by atoms with Crippen molar-refractivity contribution in [1.82, 2.24) is 0 Å². The minimum absolute atomic E-state index is 0.0942. The summed E-state index contributed by atoms with van der Waals surface area (Å²) in [4.78, 5) is 37.8. The summed E-state index contributed by atoms with van der Waals surface area (Å²) in [6.07, 6.45) is 79.9. The molecule has 6 heteroatoms. The first-order valence-electron chi connectivity index (χ1n) is 29.4. The predicted molar refractivity (Wildman–Crippen MR) is 307 cm³/mol. The van der Waals surface area contributed by atoms with Crippen LogP contribution in [0.15, 0.2) is 109 Å². The molecule has 0 N–H and O–H groups in total. The molecule has 6 nitrogen and oxygen atoms in total. The first-order valence-corrected chi connectivity index (χ1v) is 29.4. The Hall–Kier alpha value is -3.93. The van der Waals surface area contributed by atoms with E-state index in [-0.39, 0.29) is 31.1 Å². The summed E-state index contributed by atoms with van der Waals surface area (Å²) in [5, 5.41) is 0. The molecule has 0 amide bonds. The van der Waals surface area contributed by atoms with Gasteiger partial charge in [0, 0.05) is 19.3 Å². The highest BCUT2D eigenvalue weighted by Gasteiger charge is 2.19. The summed E-state index contributed by atoms with van der Waals surface area (Å²) in [5.74, 6) is -0.955. The van der Waals surface area contributed by atoms with Crippen LogP contribution >= 0.6 is 0 Å². The van der Waals surface area contributed by atoms with Crippen molar-refractivity contribution in [3.05, 3.63) is 109 Å². The summed E-state index contributed by atoms with van der Waals surface area (Å²) >= 11 is 0. The first kappa shape index (κ1) is 67.1. The van der Waals surface area contributed by atoms with Gasteiger partial charge in [0.2, 0.25) is 0 Å². The van der Waals surface area contributed by atoms with Gasteiger partial charge in [-0.1, -0.05) is 246 Å². The number of ether oxygens (including phenoxy) is 3.